The maximum atomic E-state index is 5.78. The number of ether oxygens (including phenoxy) is 2. The van der Waals surface area contributed by atoms with E-state index < -0.39 is 0 Å². The maximum absolute atomic E-state index is 5.78. The molecule has 0 spiro atoms. The average Bonchev–Trinajstić information content (AvgIpc) is 2.64. The van der Waals surface area contributed by atoms with E-state index in [1.807, 2.05) is 0 Å². The van der Waals surface area contributed by atoms with Crippen molar-refractivity contribution in [2.24, 2.45) is 0 Å². The van der Waals surface area contributed by atoms with Crippen LogP contribution in [0.5, 0.6) is 0 Å². The lowest BCUT2D eigenvalue weighted by Gasteiger charge is -2.19. The van der Waals surface area contributed by atoms with Gasteiger partial charge < -0.3 is 14.8 Å². The summed E-state index contributed by atoms with van der Waals surface area (Å²) >= 11 is 0. The van der Waals surface area contributed by atoms with Crippen molar-refractivity contribution in [3.63, 3.8) is 0 Å². The monoisotopic (exact) mass is 297 g/mol. The Labute approximate surface area is 129 Å². The van der Waals surface area contributed by atoms with Gasteiger partial charge in [-0.3, -0.25) is 4.68 Å². The fourth-order valence-corrected chi connectivity index (χ4v) is 2.26. The molecule has 0 aliphatic heterocycles. The number of nitrogens with one attached hydrogen (secondary N) is 1. The van der Waals surface area contributed by atoms with Crippen molar-refractivity contribution < 1.29 is 9.47 Å². The number of nitrogens with zero attached hydrogens (tertiary/aromatic N) is 2. The molecule has 1 heterocycles. The summed E-state index contributed by atoms with van der Waals surface area (Å²) in [7, 11) is 1.72. The molecule has 0 aliphatic carbocycles. The Hall–Kier alpha value is -0.910. The number of methoxy groups -OCH3 is 1. The van der Waals surface area contributed by atoms with Crippen LogP contribution in [0.2, 0.25) is 0 Å². The van der Waals surface area contributed by atoms with Gasteiger partial charge in [0.15, 0.2) is 0 Å². The molecule has 0 fully saturated rings. The lowest BCUT2D eigenvalue weighted by Crippen LogP contribution is -2.23. The summed E-state index contributed by atoms with van der Waals surface area (Å²) in [6.45, 7) is 14.5. The van der Waals surface area contributed by atoms with Crippen molar-refractivity contribution >= 4 is 0 Å². The molecule has 0 aromatic carbocycles. The van der Waals surface area contributed by atoms with E-state index in [0.29, 0.717) is 6.61 Å². The highest BCUT2D eigenvalue weighted by Crippen LogP contribution is 2.14. The number of hydrogen-bond acceptors (Lipinski definition) is 4. The zero-order chi connectivity index (χ0) is 15.9. The second-order valence-corrected chi connectivity index (χ2v) is 6.33. The van der Waals surface area contributed by atoms with E-state index >= 15 is 0 Å². The molecule has 122 valence electrons. The summed E-state index contributed by atoms with van der Waals surface area (Å²) in [6.07, 6.45) is 1.00. The molecule has 0 bridgehead atoms. The molecular weight excluding hydrogens is 266 g/mol. The lowest BCUT2D eigenvalue weighted by molar-refractivity contribution is -0.00810. The minimum Gasteiger partial charge on any atom is -0.383 e. The van der Waals surface area contributed by atoms with Crippen LogP contribution in [-0.2, 0) is 22.4 Å². The highest BCUT2D eigenvalue weighted by molar-refractivity contribution is 5.24. The van der Waals surface area contributed by atoms with Gasteiger partial charge in [0, 0.05) is 19.3 Å². The van der Waals surface area contributed by atoms with E-state index in [1.54, 1.807) is 7.11 Å². The first-order valence-electron chi connectivity index (χ1n) is 7.71. The molecule has 1 rings (SSSR count). The normalized spacial score (nSPS) is 12.1. The minimum atomic E-state index is -0.0931. The van der Waals surface area contributed by atoms with Crippen LogP contribution in [0.15, 0.2) is 0 Å². The van der Waals surface area contributed by atoms with Crippen LogP contribution in [0.25, 0.3) is 0 Å². The minimum absolute atomic E-state index is 0.0931. The van der Waals surface area contributed by atoms with Crippen molar-refractivity contribution in [1.82, 2.24) is 15.1 Å². The lowest BCUT2D eigenvalue weighted by atomic mass is 10.1. The van der Waals surface area contributed by atoms with E-state index in [9.17, 15) is 0 Å². The van der Waals surface area contributed by atoms with Crippen molar-refractivity contribution in [1.29, 1.82) is 0 Å². The van der Waals surface area contributed by atoms with E-state index in [-0.39, 0.29) is 5.60 Å². The number of aryl methyl sites for hydroxylation is 1. The Kier molecular flexibility index (Phi) is 7.35. The van der Waals surface area contributed by atoms with Crippen LogP contribution < -0.4 is 5.32 Å². The molecule has 1 aromatic heterocycles. The molecule has 5 heteroatoms. The fourth-order valence-electron chi connectivity index (χ4n) is 2.26. The summed E-state index contributed by atoms with van der Waals surface area (Å²) in [6, 6.07) is 0. The molecule has 5 nitrogen and oxygen atoms in total. The second kappa shape index (κ2) is 8.51. The van der Waals surface area contributed by atoms with Crippen LogP contribution in [0.1, 0.15) is 37.7 Å². The predicted molar refractivity (Wildman–Crippen MR) is 85.9 cm³/mol. The largest absolute Gasteiger partial charge is 0.383 e. The number of rotatable bonds is 9. The summed E-state index contributed by atoms with van der Waals surface area (Å²) < 4.78 is 12.9. The Morgan fingerprint density at radius 2 is 1.86 bits per heavy atom. The molecule has 21 heavy (non-hydrogen) atoms. The average molecular weight is 297 g/mol. The first-order valence-corrected chi connectivity index (χ1v) is 7.71. The Balaban J connectivity index is 2.47. The Morgan fingerprint density at radius 1 is 1.14 bits per heavy atom. The van der Waals surface area contributed by atoms with Crippen LogP contribution in [-0.4, -0.2) is 48.8 Å². The smallest absolute Gasteiger partial charge is 0.0669 e. The number of hydrogen-bond donors (Lipinski definition) is 1. The van der Waals surface area contributed by atoms with Gasteiger partial charge in [0.05, 0.1) is 31.1 Å². The van der Waals surface area contributed by atoms with Gasteiger partial charge in [0.1, 0.15) is 0 Å². The Bertz CT molecular complexity index is 422. The molecule has 1 aromatic rings. The molecular formula is C16H31N3O2. The molecule has 0 atom stereocenters. The molecule has 0 radical (unpaired) electrons. The molecule has 0 amide bonds. The molecule has 0 unspecified atom stereocenters. The predicted octanol–water partition coefficient (Wildman–Crippen LogP) is 2.09. The molecule has 0 aliphatic rings. The Morgan fingerprint density at radius 3 is 2.48 bits per heavy atom. The standard InChI is InChI=1S/C16H31N3O2/c1-13-15(7-8-17-9-11-20-6)14(2)19(18-13)10-12-21-16(3,4)5/h17H,7-12H2,1-6H3. The van der Waals surface area contributed by atoms with E-state index in [4.69, 9.17) is 9.47 Å². The van der Waals surface area contributed by atoms with Crippen LogP contribution >= 0.6 is 0 Å². The van der Waals surface area contributed by atoms with Crippen LogP contribution in [0.4, 0.5) is 0 Å². The van der Waals surface area contributed by atoms with Gasteiger partial charge >= 0.3 is 0 Å². The third kappa shape index (κ3) is 6.59. The van der Waals surface area contributed by atoms with Gasteiger partial charge in [-0.05, 0) is 53.1 Å². The third-order valence-corrected chi connectivity index (χ3v) is 3.40. The fraction of sp³-hybridized carbons (Fsp3) is 0.812. The quantitative estimate of drug-likeness (QED) is 0.709. The summed E-state index contributed by atoms with van der Waals surface area (Å²) in [4.78, 5) is 0. The second-order valence-electron chi connectivity index (χ2n) is 6.33. The van der Waals surface area contributed by atoms with Gasteiger partial charge in [-0.2, -0.15) is 5.10 Å². The summed E-state index contributed by atoms with van der Waals surface area (Å²) in [5.74, 6) is 0. The third-order valence-electron chi connectivity index (χ3n) is 3.40. The molecule has 0 saturated carbocycles. The van der Waals surface area contributed by atoms with Gasteiger partial charge in [0.25, 0.3) is 0 Å². The SMILES string of the molecule is COCCNCCc1c(C)nn(CCOC(C)(C)C)c1C. The molecule has 0 saturated heterocycles. The van der Waals surface area contributed by atoms with Crippen molar-refractivity contribution in [3.05, 3.63) is 17.0 Å². The van der Waals surface area contributed by atoms with Crippen LogP contribution in [0.3, 0.4) is 0 Å². The van der Waals surface area contributed by atoms with E-state index in [2.05, 4.69) is 49.7 Å². The maximum Gasteiger partial charge on any atom is 0.0669 e. The van der Waals surface area contributed by atoms with Crippen molar-refractivity contribution in [2.75, 3.05) is 33.4 Å². The zero-order valence-corrected chi connectivity index (χ0v) is 14.5. The van der Waals surface area contributed by atoms with E-state index in [0.717, 1.165) is 38.4 Å². The van der Waals surface area contributed by atoms with Gasteiger partial charge in [0.2, 0.25) is 0 Å². The zero-order valence-electron chi connectivity index (χ0n) is 14.5. The van der Waals surface area contributed by atoms with Gasteiger partial charge in [-0.25, -0.2) is 0 Å². The highest BCUT2D eigenvalue weighted by Gasteiger charge is 2.13. The van der Waals surface area contributed by atoms with Gasteiger partial charge in [-0.15, -0.1) is 0 Å². The van der Waals surface area contributed by atoms with Gasteiger partial charge in [-0.1, -0.05) is 0 Å². The highest BCUT2D eigenvalue weighted by atomic mass is 16.5. The van der Waals surface area contributed by atoms with Crippen molar-refractivity contribution in [3.8, 4) is 0 Å². The molecule has 1 N–H and O–H groups in total. The van der Waals surface area contributed by atoms with E-state index in [1.165, 1.54) is 11.3 Å². The first kappa shape index (κ1) is 18.1. The van der Waals surface area contributed by atoms with Crippen LogP contribution in [0, 0.1) is 13.8 Å². The topological polar surface area (TPSA) is 48.3 Å². The first-order chi connectivity index (χ1) is 9.85. The number of aromatic nitrogens is 2. The van der Waals surface area contributed by atoms with Crippen molar-refractivity contribution in [2.45, 2.75) is 53.2 Å². The summed E-state index contributed by atoms with van der Waals surface area (Å²) in [5.41, 5.74) is 3.62. The summed E-state index contributed by atoms with van der Waals surface area (Å²) in [5, 5.41) is 8.00.